The van der Waals surface area contributed by atoms with Crippen LogP contribution in [0.1, 0.15) is 38.5 Å². The van der Waals surface area contributed by atoms with Gasteiger partial charge in [0, 0.05) is 35.6 Å². The Hall–Kier alpha value is -3.61. The molecule has 0 atom stereocenters. The summed E-state index contributed by atoms with van der Waals surface area (Å²) in [6, 6.07) is 15.4. The van der Waals surface area contributed by atoms with Gasteiger partial charge in [-0.15, -0.1) is 10.2 Å². The van der Waals surface area contributed by atoms with E-state index in [0.29, 0.717) is 17.9 Å². The molecule has 1 aliphatic carbocycles. The molecule has 1 fully saturated rings. The Balaban J connectivity index is 1.30. The number of benzene rings is 1. The fourth-order valence-electron chi connectivity index (χ4n) is 4.21. The van der Waals surface area contributed by atoms with E-state index in [1.807, 2.05) is 48.5 Å². The average Bonchev–Trinajstić information content (AvgIpc) is 3.48. The van der Waals surface area contributed by atoms with Gasteiger partial charge in [0.15, 0.2) is 11.5 Å². The smallest absolute Gasteiger partial charge is 0.224 e. The van der Waals surface area contributed by atoms with Crippen LogP contribution in [-0.2, 0) is 4.79 Å². The summed E-state index contributed by atoms with van der Waals surface area (Å²) >= 11 is 0. The van der Waals surface area contributed by atoms with Crippen molar-refractivity contribution in [2.45, 2.75) is 38.5 Å². The zero-order chi connectivity index (χ0) is 21.0. The van der Waals surface area contributed by atoms with Gasteiger partial charge in [0.1, 0.15) is 0 Å². The SMILES string of the molecule is O=C(CCC1CCCC1)Nc1ccc(-c2ccc3nnc(-c4ccncc4)n3n2)cc1. The number of fused-ring (bicyclic) bond motifs is 1. The molecular formula is C24H24N6O. The monoisotopic (exact) mass is 412 g/mol. The zero-order valence-electron chi connectivity index (χ0n) is 17.2. The third-order valence-corrected chi connectivity index (χ3v) is 5.92. The van der Waals surface area contributed by atoms with Crippen molar-refractivity contribution >= 4 is 17.2 Å². The molecule has 7 heteroatoms. The fraction of sp³-hybridized carbons (Fsp3) is 0.292. The van der Waals surface area contributed by atoms with E-state index < -0.39 is 0 Å². The number of carbonyl (C=O) groups excluding carboxylic acids is 1. The molecule has 1 N–H and O–H groups in total. The highest BCUT2D eigenvalue weighted by Crippen LogP contribution is 2.28. The summed E-state index contributed by atoms with van der Waals surface area (Å²) in [6.45, 7) is 0. The van der Waals surface area contributed by atoms with Gasteiger partial charge in [-0.25, -0.2) is 0 Å². The maximum atomic E-state index is 12.3. The zero-order valence-corrected chi connectivity index (χ0v) is 17.2. The van der Waals surface area contributed by atoms with E-state index in [1.54, 1.807) is 16.9 Å². The van der Waals surface area contributed by atoms with E-state index in [2.05, 4.69) is 20.5 Å². The number of pyridine rings is 1. The average molecular weight is 412 g/mol. The molecule has 0 radical (unpaired) electrons. The van der Waals surface area contributed by atoms with E-state index in [-0.39, 0.29) is 5.91 Å². The Morgan fingerprint density at radius 3 is 2.48 bits per heavy atom. The number of hydrogen-bond donors (Lipinski definition) is 1. The number of carbonyl (C=O) groups is 1. The lowest BCUT2D eigenvalue weighted by atomic mass is 10.0. The van der Waals surface area contributed by atoms with Gasteiger partial charge >= 0.3 is 0 Å². The molecule has 31 heavy (non-hydrogen) atoms. The van der Waals surface area contributed by atoms with Gasteiger partial charge in [0.25, 0.3) is 0 Å². The molecule has 1 aliphatic rings. The first-order valence-electron chi connectivity index (χ1n) is 10.8. The van der Waals surface area contributed by atoms with Crippen molar-refractivity contribution in [3.05, 3.63) is 60.9 Å². The van der Waals surface area contributed by atoms with E-state index in [4.69, 9.17) is 5.10 Å². The Bertz CT molecular complexity index is 1180. The van der Waals surface area contributed by atoms with Gasteiger partial charge in [-0.3, -0.25) is 9.78 Å². The van der Waals surface area contributed by atoms with E-state index in [0.717, 1.165) is 34.8 Å². The number of nitrogens with one attached hydrogen (secondary N) is 1. The van der Waals surface area contributed by atoms with Gasteiger partial charge in [-0.2, -0.15) is 9.61 Å². The van der Waals surface area contributed by atoms with E-state index in [9.17, 15) is 4.79 Å². The first kappa shape index (κ1) is 19.4. The molecule has 3 heterocycles. The van der Waals surface area contributed by atoms with Crippen LogP contribution in [-0.4, -0.2) is 30.7 Å². The molecule has 0 unspecified atom stereocenters. The molecule has 0 saturated heterocycles. The Kier molecular flexibility index (Phi) is 5.39. The van der Waals surface area contributed by atoms with Crippen molar-refractivity contribution in [3.8, 4) is 22.6 Å². The van der Waals surface area contributed by atoms with Gasteiger partial charge in [-0.1, -0.05) is 37.8 Å². The molecule has 156 valence electrons. The summed E-state index contributed by atoms with van der Waals surface area (Å²) in [5, 5.41) is 16.2. The summed E-state index contributed by atoms with van der Waals surface area (Å²) in [6.07, 6.45) is 10.2. The first-order valence-corrected chi connectivity index (χ1v) is 10.8. The Labute approximate surface area is 180 Å². The minimum Gasteiger partial charge on any atom is -0.326 e. The van der Waals surface area contributed by atoms with Crippen molar-refractivity contribution in [3.63, 3.8) is 0 Å². The quantitative estimate of drug-likeness (QED) is 0.493. The highest BCUT2D eigenvalue weighted by Gasteiger charge is 2.16. The van der Waals surface area contributed by atoms with E-state index >= 15 is 0 Å². The van der Waals surface area contributed by atoms with Crippen LogP contribution in [0.2, 0.25) is 0 Å². The van der Waals surface area contributed by atoms with Crippen LogP contribution in [0.3, 0.4) is 0 Å². The highest BCUT2D eigenvalue weighted by atomic mass is 16.1. The van der Waals surface area contributed by atoms with Crippen molar-refractivity contribution in [1.82, 2.24) is 24.8 Å². The molecule has 3 aromatic heterocycles. The molecule has 4 aromatic rings. The minimum absolute atomic E-state index is 0.0886. The number of rotatable bonds is 6. The third-order valence-electron chi connectivity index (χ3n) is 5.92. The van der Waals surface area contributed by atoms with Crippen molar-refractivity contribution in [2.24, 2.45) is 5.92 Å². The summed E-state index contributed by atoms with van der Waals surface area (Å²) in [4.78, 5) is 16.3. The maximum absolute atomic E-state index is 12.3. The van der Waals surface area contributed by atoms with Crippen LogP contribution in [0.4, 0.5) is 5.69 Å². The first-order chi connectivity index (χ1) is 15.3. The Morgan fingerprint density at radius 1 is 0.935 bits per heavy atom. The second-order valence-electron chi connectivity index (χ2n) is 8.06. The predicted octanol–water partition coefficient (Wildman–Crippen LogP) is 4.76. The van der Waals surface area contributed by atoms with Gasteiger partial charge < -0.3 is 5.32 Å². The van der Waals surface area contributed by atoms with Crippen LogP contribution < -0.4 is 5.32 Å². The molecular weight excluding hydrogens is 388 g/mol. The summed E-state index contributed by atoms with van der Waals surface area (Å²) < 4.78 is 1.74. The summed E-state index contributed by atoms with van der Waals surface area (Å²) in [7, 11) is 0. The number of nitrogens with zero attached hydrogens (tertiary/aromatic N) is 5. The highest BCUT2D eigenvalue weighted by molar-refractivity contribution is 5.90. The van der Waals surface area contributed by atoms with Gasteiger partial charge in [-0.05, 0) is 48.7 Å². The standard InChI is InChI=1S/C24H24N6O/c31-23(12-5-17-3-1-2-4-17)26-20-8-6-18(7-9-20)21-10-11-22-27-28-24(30(22)29-21)19-13-15-25-16-14-19/h6-11,13-17H,1-5,12H2,(H,26,31). The topological polar surface area (TPSA) is 85.1 Å². The second-order valence-corrected chi connectivity index (χ2v) is 8.06. The molecule has 0 bridgehead atoms. The maximum Gasteiger partial charge on any atom is 0.224 e. The number of anilines is 1. The van der Waals surface area contributed by atoms with Crippen LogP contribution in [0, 0.1) is 5.92 Å². The molecule has 0 spiro atoms. The summed E-state index contributed by atoms with van der Waals surface area (Å²) in [5.41, 5.74) is 4.16. The fourth-order valence-corrected chi connectivity index (χ4v) is 4.21. The number of hydrogen-bond acceptors (Lipinski definition) is 5. The van der Waals surface area contributed by atoms with Crippen molar-refractivity contribution in [1.29, 1.82) is 0 Å². The molecule has 1 aromatic carbocycles. The van der Waals surface area contributed by atoms with Gasteiger partial charge in [0.2, 0.25) is 5.91 Å². The van der Waals surface area contributed by atoms with Crippen molar-refractivity contribution < 1.29 is 4.79 Å². The van der Waals surface area contributed by atoms with E-state index in [1.165, 1.54) is 25.7 Å². The predicted molar refractivity (Wildman–Crippen MR) is 119 cm³/mol. The van der Waals surface area contributed by atoms with Crippen LogP contribution >= 0.6 is 0 Å². The summed E-state index contributed by atoms with van der Waals surface area (Å²) in [5.74, 6) is 1.49. The van der Waals surface area contributed by atoms with Crippen LogP contribution in [0.25, 0.3) is 28.3 Å². The normalized spacial score (nSPS) is 14.2. The Morgan fingerprint density at radius 2 is 1.71 bits per heavy atom. The van der Waals surface area contributed by atoms with Crippen molar-refractivity contribution in [2.75, 3.05) is 5.32 Å². The number of aromatic nitrogens is 5. The lowest BCUT2D eigenvalue weighted by Gasteiger charge is -2.10. The second kappa shape index (κ2) is 8.63. The minimum atomic E-state index is 0.0886. The lowest BCUT2D eigenvalue weighted by Crippen LogP contribution is -2.12. The largest absolute Gasteiger partial charge is 0.326 e. The van der Waals surface area contributed by atoms with Crippen LogP contribution in [0.5, 0.6) is 0 Å². The molecule has 7 nitrogen and oxygen atoms in total. The molecule has 5 rings (SSSR count). The molecule has 1 saturated carbocycles. The number of amides is 1. The van der Waals surface area contributed by atoms with Gasteiger partial charge in [0.05, 0.1) is 5.69 Å². The lowest BCUT2D eigenvalue weighted by molar-refractivity contribution is -0.116. The van der Waals surface area contributed by atoms with Crippen LogP contribution in [0.15, 0.2) is 60.9 Å². The molecule has 0 aliphatic heterocycles. The third kappa shape index (κ3) is 4.30. The molecule has 1 amide bonds.